The third-order valence-corrected chi connectivity index (χ3v) is 8.19. The molecule has 5 rings (SSSR count). The molecule has 1 N–H and O–H groups in total. The smallest absolute Gasteiger partial charge is 0.323 e. The Balaban J connectivity index is 1.34. The molecule has 0 aliphatic carbocycles. The van der Waals surface area contributed by atoms with Crippen LogP contribution in [0.1, 0.15) is 40.0 Å². The van der Waals surface area contributed by atoms with Gasteiger partial charge in [-0.2, -0.15) is 0 Å². The van der Waals surface area contributed by atoms with Crippen molar-refractivity contribution >= 4 is 29.4 Å². The Labute approximate surface area is 268 Å². The van der Waals surface area contributed by atoms with Gasteiger partial charge in [-0.1, -0.05) is 54.1 Å². The number of nitrogens with zero attached hydrogens (tertiary/aromatic N) is 4. The number of hydrogen-bond acceptors (Lipinski definition) is 7. The third-order valence-electron chi connectivity index (χ3n) is 7.94. The highest BCUT2D eigenvalue weighted by atomic mass is 35.5. The second-order valence-corrected chi connectivity index (χ2v) is 11.5. The van der Waals surface area contributed by atoms with E-state index < -0.39 is 18.4 Å². The maximum Gasteiger partial charge on any atom is 0.323 e. The molecule has 10 heteroatoms. The molecule has 0 unspecified atom stereocenters. The predicted octanol–water partition coefficient (Wildman–Crippen LogP) is 5.79. The molecule has 1 fully saturated rings. The van der Waals surface area contributed by atoms with Crippen molar-refractivity contribution in [2.45, 2.75) is 25.7 Å². The molecule has 1 aliphatic heterocycles. The molecule has 0 saturated carbocycles. The van der Waals surface area contributed by atoms with Crippen LogP contribution in [-0.4, -0.2) is 71.7 Å². The van der Waals surface area contributed by atoms with E-state index in [0.29, 0.717) is 34.8 Å². The number of aliphatic carboxylic acids is 1. The lowest BCUT2D eigenvalue weighted by molar-refractivity contribution is -0.137. The van der Waals surface area contributed by atoms with Crippen molar-refractivity contribution in [1.82, 2.24) is 14.9 Å². The number of carboxylic acid groups (broad SMARTS) is 1. The summed E-state index contributed by atoms with van der Waals surface area (Å²) < 4.78 is 11.1. The van der Waals surface area contributed by atoms with E-state index in [0.717, 1.165) is 43.7 Å². The second-order valence-electron chi connectivity index (χ2n) is 11.1. The number of halogens is 1. The molecule has 2 heterocycles. The summed E-state index contributed by atoms with van der Waals surface area (Å²) in [7, 11) is 1.61. The highest BCUT2D eigenvalue weighted by molar-refractivity contribution is 6.30. The van der Waals surface area contributed by atoms with E-state index in [1.54, 1.807) is 31.4 Å². The molecule has 4 aromatic rings. The van der Waals surface area contributed by atoms with E-state index in [4.69, 9.17) is 26.1 Å². The number of amides is 1. The Bertz CT molecular complexity index is 1560. The van der Waals surface area contributed by atoms with Gasteiger partial charge in [-0.05, 0) is 72.7 Å². The van der Waals surface area contributed by atoms with Crippen molar-refractivity contribution < 1.29 is 24.2 Å². The number of benzene rings is 3. The van der Waals surface area contributed by atoms with Gasteiger partial charge >= 0.3 is 5.97 Å². The number of hydrogen-bond donors (Lipinski definition) is 1. The van der Waals surface area contributed by atoms with E-state index in [2.05, 4.69) is 34.1 Å². The molecular formula is C35H37ClN4O5. The minimum absolute atomic E-state index is 0.0619. The first-order chi connectivity index (χ1) is 21.9. The number of carboxylic acids is 1. The maximum atomic E-state index is 13.9. The van der Waals surface area contributed by atoms with Gasteiger partial charge in [0.15, 0.2) is 0 Å². The van der Waals surface area contributed by atoms with Gasteiger partial charge in [0.1, 0.15) is 24.7 Å². The van der Waals surface area contributed by atoms with Crippen molar-refractivity contribution in [1.29, 1.82) is 0 Å². The molecule has 234 valence electrons. The van der Waals surface area contributed by atoms with Crippen molar-refractivity contribution in [2.75, 3.05) is 44.8 Å². The molecule has 3 aromatic carbocycles. The van der Waals surface area contributed by atoms with Gasteiger partial charge in [0.2, 0.25) is 5.95 Å². The fourth-order valence-corrected chi connectivity index (χ4v) is 5.61. The normalized spacial score (nSPS) is 13.3. The number of carbonyl (C=O) groups excluding carboxylic acids is 1. The summed E-state index contributed by atoms with van der Waals surface area (Å²) in [5.74, 6) is 0.871. The zero-order valence-electron chi connectivity index (χ0n) is 25.3. The van der Waals surface area contributed by atoms with Crippen LogP contribution in [0.2, 0.25) is 5.02 Å². The highest BCUT2D eigenvalue weighted by Crippen LogP contribution is 2.26. The molecule has 0 atom stereocenters. The Hall–Kier alpha value is -4.63. The largest absolute Gasteiger partial charge is 0.497 e. The van der Waals surface area contributed by atoms with Crippen LogP contribution in [0.3, 0.4) is 0 Å². The molecule has 45 heavy (non-hydrogen) atoms. The molecule has 0 spiro atoms. The molecule has 1 aliphatic rings. The summed E-state index contributed by atoms with van der Waals surface area (Å²) in [5, 5.41) is 10.2. The molecule has 0 radical (unpaired) electrons. The second kappa shape index (κ2) is 15.4. The minimum Gasteiger partial charge on any atom is -0.497 e. The first-order valence-corrected chi connectivity index (χ1v) is 15.4. The number of ether oxygens (including phenoxy) is 2. The van der Waals surface area contributed by atoms with Gasteiger partial charge in [-0.25, -0.2) is 9.97 Å². The molecule has 9 nitrogen and oxygen atoms in total. The predicted molar refractivity (Wildman–Crippen MR) is 173 cm³/mol. The summed E-state index contributed by atoms with van der Waals surface area (Å²) in [5.41, 5.74) is 3.09. The Morgan fingerprint density at radius 1 is 0.956 bits per heavy atom. The fraction of sp³-hybridized carbons (Fsp3) is 0.314. The first-order valence-electron chi connectivity index (χ1n) is 15.0. The quantitative estimate of drug-likeness (QED) is 0.198. The monoisotopic (exact) mass is 628 g/mol. The zero-order valence-corrected chi connectivity index (χ0v) is 26.0. The third kappa shape index (κ3) is 8.95. The number of rotatable bonds is 13. The molecule has 1 saturated heterocycles. The Morgan fingerprint density at radius 2 is 1.64 bits per heavy atom. The van der Waals surface area contributed by atoms with Crippen molar-refractivity contribution in [3.8, 4) is 11.5 Å². The van der Waals surface area contributed by atoms with Gasteiger partial charge in [-0.3, -0.25) is 9.59 Å². The number of methoxy groups -OCH3 is 1. The van der Waals surface area contributed by atoms with Crippen molar-refractivity contribution in [2.24, 2.45) is 5.92 Å². The molecular weight excluding hydrogens is 592 g/mol. The van der Waals surface area contributed by atoms with Crippen molar-refractivity contribution in [3.05, 3.63) is 112 Å². The summed E-state index contributed by atoms with van der Waals surface area (Å²) >= 11 is 5.95. The SMILES string of the molecule is COc1ccc(Cc2nc(N3CCC(Cc4ccccc4)CC3)ncc2C(=O)N(CCOc2ccc(Cl)cc2)CC(=O)O)cc1. The summed E-state index contributed by atoms with van der Waals surface area (Å²) in [6, 6.07) is 25.0. The van der Waals surface area contributed by atoms with Crippen molar-refractivity contribution in [3.63, 3.8) is 0 Å². The van der Waals surface area contributed by atoms with Gasteiger partial charge in [-0.15, -0.1) is 0 Å². The first kappa shape index (κ1) is 31.8. The van der Waals surface area contributed by atoms with E-state index in [1.165, 1.54) is 16.7 Å². The lowest BCUT2D eigenvalue weighted by atomic mass is 9.90. The van der Waals surface area contributed by atoms with E-state index in [-0.39, 0.29) is 18.7 Å². The minimum atomic E-state index is -1.12. The van der Waals surface area contributed by atoms with Gasteiger partial charge in [0.25, 0.3) is 5.91 Å². The molecule has 1 aromatic heterocycles. The van der Waals surface area contributed by atoms with E-state index in [9.17, 15) is 14.7 Å². The summed E-state index contributed by atoms with van der Waals surface area (Å²) in [6.07, 6.45) is 4.99. The number of piperidine rings is 1. The maximum absolute atomic E-state index is 13.9. The Morgan fingerprint density at radius 3 is 2.31 bits per heavy atom. The van der Waals surface area contributed by atoms with Crippen LogP contribution in [0.5, 0.6) is 11.5 Å². The summed E-state index contributed by atoms with van der Waals surface area (Å²) in [4.78, 5) is 38.6. The molecule has 1 amide bonds. The number of aromatic nitrogens is 2. The van der Waals surface area contributed by atoms with Gasteiger partial charge in [0, 0.05) is 30.7 Å². The van der Waals surface area contributed by atoms with E-state index in [1.807, 2.05) is 30.3 Å². The van der Waals surface area contributed by atoms with Crippen LogP contribution >= 0.6 is 11.6 Å². The zero-order chi connectivity index (χ0) is 31.6. The Kier molecular flexibility index (Phi) is 10.9. The van der Waals surface area contributed by atoms with Crippen LogP contribution in [-0.2, 0) is 17.6 Å². The van der Waals surface area contributed by atoms with Crippen LogP contribution in [0, 0.1) is 5.92 Å². The fourth-order valence-electron chi connectivity index (χ4n) is 5.48. The molecule has 0 bridgehead atoms. The average Bonchev–Trinajstić information content (AvgIpc) is 3.06. The average molecular weight is 629 g/mol. The van der Waals surface area contributed by atoms with Gasteiger partial charge in [0.05, 0.1) is 24.9 Å². The lowest BCUT2D eigenvalue weighted by Crippen LogP contribution is -2.39. The number of anilines is 1. The lowest BCUT2D eigenvalue weighted by Gasteiger charge is -2.32. The summed E-state index contributed by atoms with van der Waals surface area (Å²) in [6.45, 7) is 1.32. The topological polar surface area (TPSA) is 105 Å². The van der Waals surface area contributed by atoms with Crippen LogP contribution in [0.25, 0.3) is 0 Å². The van der Waals surface area contributed by atoms with E-state index >= 15 is 0 Å². The number of carbonyl (C=O) groups is 2. The van der Waals surface area contributed by atoms with Crippen LogP contribution in [0.4, 0.5) is 5.95 Å². The van der Waals surface area contributed by atoms with Gasteiger partial charge < -0.3 is 24.4 Å². The van der Waals surface area contributed by atoms with Crippen LogP contribution < -0.4 is 14.4 Å². The highest BCUT2D eigenvalue weighted by Gasteiger charge is 2.26. The van der Waals surface area contributed by atoms with Crippen LogP contribution in [0.15, 0.2) is 85.1 Å². The standard InChI is InChI=1S/C35H37ClN4O5/c1-44-29-11-7-26(8-12-29)22-32-31(34(43)40(24-33(41)42)19-20-45-30-13-9-28(36)10-14-30)23-37-35(38-32)39-17-15-27(16-18-39)21-25-5-3-2-4-6-25/h2-14,23,27H,15-22,24H2,1H3,(H,41,42).